The summed E-state index contributed by atoms with van der Waals surface area (Å²) in [5, 5.41) is 2.99. The minimum atomic E-state index is -0.0310. The van der Waals surface area contributed by atoms with Crippen molar-refractivity contribution in [2.24, 2.45) is 5.92 Å². The molecule has 124 valence electrons. The lowest BCUT2D eigenvalue weighted by atomic mass is 10.2. The quantitative estimate of drug-likeness (QED) is 0.881. The second-order valence-electron chi connectivity index (χ2n) is 6.32. The lowest BCUT2D eigenvalue weighted by Gasteiger charge is -2.11. The van der Waals surface area contributed by atoms with Gasteiger partial charge >= 0.3 is 0 Å². The molecule has 2 aromatic heterocycles. The van der Waals surface area contributed by atoms with Crippen molar-refractivity contribution >= 4 is 17.2 Å². The Bertz CT molecular complexity index is 656. The molecule has 5 nitrogen and oxygen atoms in total. The van der Waals surface area contributed by atoms with Crippen molar-refractivity contribution in [3.8, 4) is 0 Å². The van der Waals surface area contributed by atoms with Gasteiger partial charge in [0, 0.05) is 24.2 Å². The van der Waals surface area contributed by atoms with E-state index >= 15 is 0 Å². The fraction of sp³-hybridized carbons (Fsp3) is 0.529. The van der Waals surface area contributed by atoms with Gasteiger partial charge in [0.25, 0.3) is 5.91 Å². The number of nitrogens with one attached hydrogen (secondary N) is 1. The van der Waals surface area contributed by atoms with Crippen molar-refractivity contribution in [1.82, 2.24) is 14.9 Å². The summed E-state index contributed by atoms with van der Waals surface area (Å²) in [5.41, 5.74) is 1.03. The number of carbonyl (C=O) groups excluding carboxylic acids is 1. The molecule has 1 amide bonds. The Kier molecular flexibility index (Phi) is 5.13. The molecule has 1 fully saturated rings. The smallest absolute Gasteiger partial charge is 0.261 e. The minimum absolute atomic E-state index is 0.0310. The summed E-state index contributed by atoms with van der Waals surface area (Å²) in [5.74, 6) is 0.515. The average Bonchev–Trinajstić information content (AvgIpc) is 3.25. The molecular formula is C17H23N3O2S. The number of carbonyl (C=O) groups is 1. The highest BCUT2D eigenvalue weighted by atomic mass is 32.1. The Hall–Kier alpha value is -1.66. The zero-order chi connectivity index (χ0) is 16.2. The number of amides is 1. The molecule has 0 aromatic carbocycles. The Labute approximate surface area is 140 Å². The first-order chi connectivity index (χ1) is 11.1. The van der Waals surface area contributed by atoms with Gasteiger partial charge in [-0.15, -0.1) is 11.3 Å². The Morgan fingerprint density at radius 3 is 3.13 bits per heavy atom. The third-order valence-corrected chi connectivity index (χ3v) is 5.06. The molecule has 0 unspecified atom stereocenters. The van der Waals surface area contributed by atoms with E-state index < -0.39 is 0 Å². The molecule has 1 saturated heterocycles. The van der Waals surface area contributed by atoms with Gasteiger partial charge in [-0.2, -0.15) is 0 Å². The van der Waals surface area contributed by atoms with E-state index in [-0.39, 0.29) is 12.0 Å². The third-order valence-electron chi connectivity index (χ3n) is 3.89. The molecular weight excluding hydrogens is 310 g/mol. The van der Waals surface area contributed by atoms with Gasteiger partial charge in [-0.05, 0) is 30.9 Å². The van der Waals surface area contributed by atoms with E-state index in [0.29, 0.717) is 12.5 Å². The average molecular weight is 333 g/mol. The van der Waals surface area contributed by atoms with Crippen molar-refractivity contribution in [2.45, 2.75) is 45.9 Å². The molecule has 1 N–H and O–H groups in total. The van der Waals surface area contributed by atoms with E-state index in [9.17, 15) is 4.79 Å². The maximum absolute atomic E-state index is 12.3. The number of imidazole rings is 1. The topological polar surface area (TPSA) is 56.2 Å². The van der Waals surface area contributed by atoms with Crippen molar-refractivity contribution in [3.63, 3.8) is 0 Å². The maximum Gasteiger partial charge on any atom is 0.261 e. The van der Waals surface area contributed by atoms with Gasteiger partial charge in [-0.3, -0.25) is 4.79 Å². The maximum atomic E-state index is 12.3. The SMILES string of the molecule is CC(C)Cn1cncc1CNC(=O)c1ccc([C@@H]2CCCO2)s1. The number of nitrogens with zero attached hydrogens (tertiary/aromatic N) is 2. The first kappa shape index (κ1) is 16.2. The number of aromatic nitrogens is 2. The molecule has 0 aliphatic carbocycles. The third kappa shape index (κ3) is 4.00. The van der Waals surface area contributed by atoms with Crippen molar-refractivity contribution in [1.29, 1.82) is 0 Å². The Morgan fingerprint density at radius 1 is 1.52 bits per heavy atom. The second kappa shape index (κ2) is 7.27. The summed E-state index contributed by atoms with van der Waals surface area (Å²) in [6.45, 7) is 6.57. The zero-order valence-electron chi connectivity index (χ0n) is 13.6. The molecule has 3 heterocycles. The van der Waals surface area contributed by atoms with Crippen molar-refractivity contribution in [2.75, 3.05) is 6.61 Å². The van der Waals surface area contributed by atoms with Crippen LogP contribution in [-0.2, 0) is 17.8 Å². The number of hydrogen-bond donors (Lipinski definition) is 1. The molecule has 0 saturated carbocycles. The lowest BCUT2D eigenvalue weighted by Crippen LogP contribution is -2.23. The fourth-order valence-electron chi connectivity index (χ4n) is 2.76. The molecule has 0 radical (unpaired) electrons. The number of rotatable bonds is 6. The van der Waals surface area contributed by atoms with Gasteiger partial charge < -0.3 is 14.6 Å². The molecule has 3 rings (SSSR count). The van der Waals surface area contributed by atoms with Crippen LogP contribution in [0.4, 0.5) is 0 Å². The highest BCUT2D eigenvalue weighted by molar-refractivity contribution is 7.14. The summed E-state index contributed by atoms with van der Waals surface area (Å²) < 4.78 is 7.77. The number of ether oxygens (including phenoxy) is 1. The van der Waals surface area contributed by atoms with E-state index in [1.54, 1.807) is 0 Å². The minimum Gasteiger partial charge on any atom is -0.373 e. The predicted octanol–water partition coefficient (Wildman–Crippen LogP) is 3.38. The van der Waals surface area contributed by atoms with Crippen LogP contribution in [-0.4, -0.2) is 22.1 Å². The summed E-state index contributed by atoms with van der Waals surface area (Å²) in [6, 6.07) is 3.90. The van der Waals surface area contributed by atoms with E-state index in [2.05, 4.69) is 28.7 Å². The molecule has 1 atom stereocenters. The number of hydrogen-bond acceptors (Lipinski definition) is 4. The van der Waals surface area contributed by atoms with Gasteiger partial charge in [-0.25, -0.2) is 4.98 Å². The monoisotopic (exact) mass is 333 g/mol. The van der Waals surface area contributed by atoms with Crippen molar-refractivity contribution in [3.05, 3.63) is 40.1 Å². The van der Waals surface area contributed by atoms with Crippen LogP contribution in [0.3, 0.4) is 0 Å². The van der Waals surface area contributed by atoms with Crippen LogP contribution in [0.15, 0.2) is 24.7 Å². The number of thiophene rings is 1. The predicted molar refractivity (Wildman–Crippen MR) is 90.5 cm³/mol. The summed E-state index contributed by atoms with van der Waals surface area (Å²) >= 11 is 1.53. The largest absolute Gasteiger partial charge is 0.373 e. The highest BCUT2D eigenvalue weighted by Gasteiger charge is 2.20. The zero-order valence-corrected chi connectivity index (χ0v) is 14.4. The normalized spacial score (nSPS) is 17.8. The van der Waals surface area contributed by atoms with E-state index in [4.69, 9.17) is 4.74 Å². The molecule has 0 spiro atoms. The molecule has 0 bridgehead atoms. The standard InChI is InChI=1S/C17H23N3O2S/c1-12(2)10-20-11-18-8-13(20)9-19-17(21)16-6-5-15(23-16)14-4-3-7-22-14/h5-6,8,11-12,14H,3-4,7,9-10H2,1-2H3,(H,19,21)/t14-/m0/s1. The van der Waals surface area contributed by atoms with Gasteiger partial charge in [0.05, 0.1) is 29.5 Å². The van der Waals surface area contributed by atoms with E-state index in [1.165, 1.54) is 11.3 Å². The van der Waals surface area contributed by atoms with Gasteiger partial charge in [0.1, 0.15) is 0 Å². The summed E-state index contributed by atoms with van der Waals surface area (Å²) in [7, 11) is 0. The fourth-order valence-corrected chi connectivity index (χ4v) is 3.77. The molecule has 1 aliphatic rings. The Balaban J connectivity index is 1.58. The van der Waals surface area contributed by atoms with E-state index in [0.717, 1.165) is 41.4 Å². The molecule has 2 aromatic rings. The van der Waals surface area contributed by atoms with Crippen LogP contribution in [0.5, 0.6) is 0 Å². The molecule has 1 aliphatic heterocycles. The molecule has 23 heavy (non-hydrogen) atoms. The van der Waals surface area contributed by atoms with Crippen molar-refractivity contribution < 1.29 is 9.53 Å². The van der Waals surface area contributed by atoms with E-state index in [1.807, 2.05) is 24.7 Å². The van der Waals surface area contributed by atoms with Crippen LogP contribution in [0.25, 0.3) is 0 Å². The summed E-state index contributed by atoms with van der Waals surface area (Å²) in [6.07, 6.45) is 5.96. The first-order valence-electron chi connectivity index (χ1n) is 8.12. The van der Waals surface area contributed by atoms with Crippen LogP contribution in [0, 0.1) is 5.92 Å². The first-order valence-corrected chi connectivity index (χ1v) is 8.93. The molecule has 6 heteroatoms. The van der Waals surface area contributed by atoms with Gasteiger partial charge in [0.15, 0.2) is 0 Å². The lowest BCUT2D eigenvalue weighted by molar-refractivity contribution is 0.0954. The van der Waals surface area contributed by atoms with Gasteiger partial charge in [-0.1, -0.05) is 13.8 Å². The Morgan fingerprint density at radius 2 is 2.39 bits per heavy atom. The second-order valence-corrected chi connectivity index (χ2v) is 7.43. The van der Waals surface area contributed by atoms with Crippen LogP contribution in [0.2, 0.25) is 0 Å². The van der Waals surface area contributed by atoms with Crippen LogP contribution >= 0.6 is 11.3 Å². The van der Waals surface area contributed by atoms with Gasteiger partial charge in [0.2, 0.25) is 0 Å². The van der Waals surface area contributed by atoms with Crippen LogP contribution in [0.1, 0.15) is 53.0 Å². The highest BCUT2D eigenvalue weighted by Crippen LogP contribution is 2.33. The summed E-state index contributed by atoms with van der Waals surface area (Å²) in [4.78, 5) is 18.4. The van der Waals surface area contributed by atoms with Crippen LogP contribution < -0.4 is 5.32 Å².